The molecule has 0 aliphatic carbocycles. The molecule has 1 aromatic carbocycles. The molecule has 1 aromatic rings. The van der Waals surface area contributed by atoms with Gasteiger partial charge < -0.3 is 10.4 Å². The third-order valence-electron chi connectivity index (χ3n) is 2.46. The second-order valence-corrected chi connectivity index (χ2v) is 3.89. The standard InChI is InChI=1S/C13H19NO2/c1-2-3-4-8-14-10-11-6-5-7-12(9-11)13(15)16/h5-7,9,14H,2-4,8,10H2,1H3,(H,15,16). The van der Waals surface area contributed by atoms with Crippen LogP contribution >= 0.6 is 0 Å². The lowest BCUT2D eigenvalue weighted by molar-refractivity contribution is 0.0697. The molecule has 0 aliphatic rings. The molecule has 0 fully saturated rings. The van der Waals surface area contributed by atoms with Crippen molar-refractivity contribution in [1.29, 1.82) is 0 Å². The zero-order valence-corrected chi connectivity index (χ0v) is 9.70. The maximum absolute atomic E-state index is 10.7. The third kappa shape index (κ3) is 4.45. The highest BCUT2D eigenvalue weighted by Crippen LogP contribution is 2.05. The molecule has 2 N–H and O–H groups in total. The fraction of sp³-hybridized carbons (Fsp3) is 0.462. The number of rotatable bonds is 7. The maximum Gasteiger partial charge on any atom is 0.335 e. The second-order valence-electron chi connectivity index (χ2n) is 3.89. The fourth-order valence-electron chi connectivity index (χ4n) is 1.55. The number of carboxylic acids is 1. The lowest BCUT2D eigenvalue weighted by atomic mass is 10.1. The lowest BCUT2D eigenvalue weighted by Crippen LogP contribution is -2.14. The number of hydrogen-bond acceptors (Lipinski definition) is 2. The normalized spacial score (nSPS) is 10.3. The summed E-state index contributed by atoms with van der Waals surface area (Å²) in [4.78, 5) is 10.7. The van der Waals surface area contributed by atoms with Gasteiger partial charge in [-0.1, -0.05) is 31.9 Å². The average molecular weight is 221 g/mol. The number of benzene rings is 1. The molecule has 88 valence electrons. The molecule has 0 atom stereocenters. The van der Waals surface area contributed by atoms with Crippen LogP contribution in [0.1, 0.15) is 42.1 Å². The Morgan fingerprint density at radius 3 is 2.88 bits per heavy atom. The molecule has 0 heterocycles. The summed E-state index contributed by atoms with van der Waals surface area (Å²) in [6.07, 6.45) is 3.63. The zero-order valence-electron chi connectivity index (χ0n) is 9.70. The highest BCUT2D eigenvalue weighted by molar-refractivity contribution is 5.87. The van der Waals surface area contributed by atoms with E-state index in [1.165, 1.54) is 19.3 Å². The summed E-state index contributed by atoms with van der Waals surface area (Å²) in [5, 5.41) is 12.1. The highest BCUT2D eigenvalue weighted by atomic mass is 16.4. The van der Waals surface area contributed by atoms with Crippen LogP contribution in [0.15, 0.2) is 24.3 Å². The van der Waals surface area contributed by atoms with Crippen molar-refractivity contribution in [2.45, 2.75) is 32.7 Å². The minimum atomic E-state index is -0.868. The van der Waals surface area contributed by atoms with E-state index in [0.717, 1.165) is 18.7 Å². The minimum Gasteiger partial charge on any atom is -0.478 e. The Bertz CT molecular complexity index is 336. The van der Waals surface area contributed by atoms with Crippen molar-refractivity contribution in [1.82, 2.24) is 5.32 Å². The van der Waals surface area contributed by atoms with E-state index in [-0.39, 0.29) is 0 Å². The number of unbranched alkanes of at least 4 members (excludes halogenated alkanes) is 2. The zero-order chi connectivity index (χ0) is 11.8. The molecule has 0 radical (unpaired) electrons. The molecule has 0 saturated carbocycles. The van der Waals surface area contributed by atoms with Crippen molar-refractivity contribution in [3.8, 4) is 0 Å². The van der Waals surface area contributed by atoms with E-state index >= 15 is 0 Å². The summed E-state index contributed by atoms with van der Waals surface area (Å²) >= 11 is 0. The molecule has 0 bridgehead atoms. The number of hydrogen-bond donors (Lipinski definition) is 2. The van der Waals surface area contributed by atoms with E-state index in [0.29, 0.717) is 5.56 Å². The summed E-state index contributed by atoms with van der Waals surface area (Å²) in [5.41, 5.74) is 1.38. The van der Waals surface area contributed by atoms with E-state index in [1.807, 2.05) is 6.07 Å². The molecule has 0 spiro atoms. The van der Waals surface area contributed by atoms with Gasteiger partial charge in [-0.25, -0.2) is 4.79 Å². The number of carbonyl (C=O) groups is 1. The van der Waals surface area contributed by atoms with Gasteiger partial charge in [0.1, 0.15) is 0 Å². The Kier molecular flexibility index (Phi) is 5.57. The molecule has 1 rings (SSSR count). The quantitative estimate of drug-likeness (QED) is 0.696. The highest BCUT2D eigenvalue weighted by Gasteiger charge is 2.02. The second kappa shape index (κ2) is 7.01. The van der Waals surface area contributed by atoms with E-state index in [4.69, 9.17) is 5.11 Å². The van der Waals surface area contributed by atoms with Gasteiger partial charge in [0.15, 0.2) is 0 Å². The Labute approximate surface area is 96.5 Å². The van der Waals surface area contributed by atoms with Crippen molar-refractivity contribution in [3.63, 3.8) is 0 Å². The van der Waals surface area contributed by atoms with Crippen molar-refractivity contribution in [2.24, 2.45) is 0 Å². The van der Waals surface area contributed by atoms with Crippen LogP contribution in [-0.4, -0.2) is 17.6 Å². The first-order valence-electron chi connectivity index (χ1n) is 5.77. The number of aromatic carboxylic acids is 1. The smallest absolute Gasteiger partial charge is 0.335 e. The van der Waals surface area contributed by atoms with Gasteiger partial charge in [0.05, 0.1) is 5.56 Å². The van der Waals surface area contributed by atoms with Crippen LogP contribution in [0.4, 0.5) is 0 Å². The first kappa shape index (κ1) is 12.7. The Balaban J connectivity index is 2.36. The van der Waals surface area contributed by atoms with Gasteiger partial charge in [-0.05, 0) is 30.7 Å². The summed E-state index contributed by atoms with van der Waals surface area (Å²) in [6, 6.07) is 7.06. The molecule has 0 saturated heterocycles. The Morgan fingerprint density at radius 2 is 2.19 bits per heavy atom. The molecule has 0 unspecified atom stereocenters. The predicted octanol–water partition coefficient (Wildman–Crippen LogP) is 2.66. The predicted molar refractivity (Wildman–Crippen MR) is 64.6 cm³/mol. The Morgan fingerprint density at radius 1 is 1.38 bits per heavy atom. The third-order valence-corrected chi connectivity index (χ3v) is 2.46. The fourth-order valence-corrected chi connectivity index (χ4v) is 1.55. The largest absolute Gasteiger partial charge is 0.478 e. The van der Waals surface area contributed by atoms with Crippen LogP contribution in [0.25, 0.3) is 0 Å². The summed E-state index contributed by atoms with van der Waals surface area (Å²) < 4.78 is 0. The molecular formula is C13H19NO2. The average Bonchev–Trinajstić information content (AvgIpc) is 2.29. The van der Waals surface area contributed by atoms with Crippen LogP contribution in [0.5, 0.6) is 0 Å². The van der Waals surface area contributed by atoms with Crippen LogP contribution in [0, 0.1) is 0 Å². The van der Waals surface area contributed by atoms with Crippen LogP contribution in [0.3, 0.4) is 0 Å². The van der Waals surface area contributed by atoms with Gasteiger partial charge in [-0.15, -0.1) is 0 Å². The monoisotopic (exact) mass is 221 g/mol. The van der Waals surface area contributed by atoms with Gasteiger partial charge in [0.25, 0.3) is 0 Å². The number of nitrogens with one attached hydrogen (secondary N) is 1. The van der Waals surface area contributed by atoms with Crippen molar-refractivity contribution < 1.29 is 9.90 Å². The summed E-state index contributed by atoms with van der Waals surface area (Å²) in [6.45, 7) is 3.91. The topological polar surface area (TPSA) is 49.3 Å². The minimum absolute atomic E-state index is 0.354. The van der Waals surface area contributed by atoms with Crippen LogP contribution in [0.2, 0.25) is 0 Å². The van der Waals surface area contributed by atoms with Crippen molar-refractivity contribution >= 4 is 5.97 Å². The molecule has 0 amide bonds. The molecule has 0 aromatic heterocycles. The van der Waals surface area contributed by atoms with Crippen molar-refractivity contribution in [3.05, 3.63) is 35.4 Å². The van der Waals surface area contributed by atoms with Gasteiger partial charge >= 0.3 is 5.97 Å². The molecule has 0 aliphatic heterocycles. The van der Waals surface area contributed by atoms with E-state index in [1.54, 1.807) is 18.2 Å². The van der Waals surface area contributed by atoms with Gasteiger partial charge in [0.2, 0.25) is 0 Å². The van der Waals surface area contributed by atoms with E-state index in [2.05, 4.69) is 12.2 Å². The molecule has 3 heteroatoms. The first-order valence-corrected chi connectivity index (χ1v) is 5.77. The summed E-state index contributed by atoms with van der Waals surface area (Å²) in [5.74, 6) is -0.868. The Hall–Kier alpha value is -1.35. The SMILES string of the molecule is CCCCCNCc1cccc(C(=O)O)c1. The van der Waals surface area contributed by atoms with Gasteiger partial charge in [-0.2, -0.15) is 0 Å². The van der Waals surface area contributed by atoms with Gasteiger partial charge in [0, 0.05) is 6.54 Å². The lowest BCUT2D eigenvalue weighted by Gasteiger charge is -2.05. The maximum atomic E-state index is 10.7. The first-order chi connectivity index (χ1) is 7.74. The summed E-state index contributed by atoms with van der Waals surface area (Å²) in [7, 11) is 0. The molecular weight excluding hydrogens is 202 g/mol. The number of carboxylic acid groups (broad SMARTS) is 1. The van der Waals surface area contributed by atoms with Crippen molar-refractivity contribution in [2.75, 3.05) is 6.54 Å². The van der Waals surface area contributed by atoms with Crippen LogP contribution in [-0.2, 0) is 6.54 Å². The van der Waals surface area contributed by atoms with E-state index < -0.39 is 5.97 Å². The molecule has 16 heavy (non-hydrogen) atoms. The van der Waals surface area contributed by atoms with Crippen LogP contribution < -0.4 is 5.32 Å². The van der Waals surface area contributed by atoms with Gasteiger partial charge in [-0.3, -0.25) is 0 Å². The molecule has 3 nitrogen and oxygen atoms in total. The van der Waals surface area contributed by atoms with E-state index in [9.17, 15) is 4.79 Å².